The predicted molar refractivity (Wildman–Crippen MR) is 90.7 cm³/mol. The van der Waals surface area contributed by atoms with E-state index < -0.39 is 0 Å². The van der Waals surface area contributed by atoms with E-state index in [1.165, 1.54) is 17.7 Å². The largest absolute Gasteiger partial charge is 0.456 e. The zero-order chi connectivity index (χ0) is 17.0. The van der Waals surface area contributed by atoms with Crippen LogP contribution in [0.5, 0.6) is 0 Å². The molecule has 1 aromatic carbocycles. The number of hydrogen-bond donors (Lipinski definition) is 1. The molecular formula is C19H23NO3. The molecule has 1 atom stereocenters. The molecule has 0 radical (unpaired) electrons. The first-order valence-electron chi connectivity index (χ1n) is 7.76. The molecule has 0 aliphatic heterocycles. The highest BCUT2D eigenvalue weighted by molar-refractivity contribution is 5.91. The fourth-order valence-corrected chi connectivity index (χ4v) is 2.83. The molecule has 4 nitrogen and oxygen atoms in total. The van der Waals surface area contributed by atoms with Crippen LogP contribution >= 0.6 is 0 Å². The molecule has 2 aromatic rings. The number of carbonyl (C=O) groups excluding carboxylic acids is 1. The summed E-state index contributed by atoms with van der Waals surface area (Å²) in [5, 5.41) is 2.90. The first-order valence-corrected chi connectivity index (χ1v) is 7.76. The average Bonchev–Trinajstić information content (AvgIpc) is 2.46. The standard InChI is InChI=1S/C19H23NO3/c1-13(12-19(3,4)15-8-6-5-7-9-15)20-18(22)17-11-16(21)10-14(2)23-17/h5-11,13H,12H2,1-4H3,(H,20,22)/t13-/m0/s1. The molecule has 0 aliphatic rings. The Morgan fingerprint density at radius 1 is 1.22 bits per heavy atom. The molecule has 0 saturated carbocycles. The molecule has 0 unspecified atom stereocenters. The van der Waals surface area contributed by atoms with Crippen molar-refractivity contribution in [1.82, 2.24) is 5.32 Å². The Hall–Kier alpha value is -2.36. The molecule has 1 aromatic heterocycles. The topological polar surface area (TPSA) is 59.3 Å². The van der Waals surface area contributed by atoms with Crippen molar-refractivity contribution >= 4 is 5.91 Å². The zero-order valence-corrected chi connectivity index (χ0v) is 14.1. The van der Waals surface area contributed by atoms with E-state index in [1.807, 2.05) is 25.1 Å². The van der Waals surface area contributed by atoms with Crippen molar-refractivity contribution in [1.29, 1.82) is 0 Å². The van der Waals surface area contributed by atoms with Gasteiger partial charge in [-0.05, 0) is 31.2 Å². The fourth-order valence-electron chi connectivity index (χ4n) is 2.83. The fraction of sp³-hybridized carbons (Fsp3) is 0.368. The van der Waals surface area contributed by atoms with Gasteiger partial charge in [-0.2, -0.15) is 0 Å². The highest BCUT2D eigenvalue weighted by atomic mass is 16.3. The molecule has 1 N–H and O–H groups in total. The predicted octanol–water partition coefficient (Wildman–Crippen LogP) is 3.43. The third-order valence-electron chi connectivity index (χ3n) is 3.86. The lowest BCUT2D eigenvalue weighted by Crippen LogP contribution is -2.37. The van der Waals surface area contributed by atoms with Crippen LogP contribution in [-0.4, -0.2) is 11.9 Å². The van der Waals surface area contributed by atoms with Gasteiger partial charge >= 0.3 is 0 Å². The van der Waals surface area contributed by atoms with Gasteiger partial charge in [0.15, 0.2) is 11.2 Å². The molecule has 1 amide bonds. The van der Waals surface area contributed by atoms with Crippen LogP contribution in [0.4, 0.5) is 0 Å². The molecular weight excluding hydrogens is 290 g/mol. The van der Waals surface area contributed by atoms with Gasteiger partial charge in [-0.1, -0.05) is 44.2 Å². The van der Waals surface area contributed by atoms with Crippen molar-refractivity contribution < 1.29 is 9.21 Å². The van der Waals surface area contributed by atoms with E-state index in [9.17, 15) is 9.59 Å². The van der Waals surface area contributed by atoms with E-state index in [1.54, 1.807) is 6.92 Å². The van der Waals surface area contributed by atoms with Crippen molar-refractivity contribution in [2.45, 2.75) is 45.6 Å². The van der Waals surface area contributed by atoms with Gasteiger partial charge in [0, 0.05) is 18.2 Å². The Balaban J connectivity index is 2.05. The monoisotopic (exact) mass is 313 g/mol. The minimum Gasteiger partial charge on any atom is -0.456 e. The summed E-state index contributed by atoms with van der Waals surface area (Å²) < 4.78 is 5.32. The summed E-state index contributed by atoms with van der Waals surface area (Å²) >= 11 is 0. The second-order valence-electron chi connectivity index (χ2n) is 6.60. The number of carbonyl (C=O) groups is 1. The number of benzene rings is 1. The first kappa shape index (κ1) is 17.0. The van der Waals surface area contributed by atoms with Crippen LogP contribution in [0, 0.1) is 6.92 Å². The average molecular weight is 313 g/mol. The maximum absolute atomic E-state index is 12.2. The molecule has 0 saturated heterocycles. The van der Waals surface area contributed by atoms with Crippen LogP contribution in [0.15, 0.2) is 51.7 Å². The molecule has 0 bridgehead atoms. The molecule has 0 spiro atoms. The minimum atomic E-state index is -0.359. The quantitative estimate of drug-likeness (QED) is 0.920. The lowest BCUT2D eigenvalue weighted by atomic mass is 9.79. The summed E-state index contributed by atoms with van der Waals surface area (Å²) in [4.78, 5) is 23.7. The van der Waals surface area contributed by atoms with Crippen molar-refractivity contribution in [2.75, 3.05) is 0 Å². The van der Waals surface area contributed by atoms with Crippen LogP contribution in [0.25, 0.3) is 0 Å². The number of nitrogens with one attached hydrogen (secondary N) is 1. The molecule has 0 fully saturated rings. The molecule has 122 valence electrons. The Labute approximate surface area is 136 Å². The minimum absolute atomic E-state index is 0.0523. The second kappa shape index (κ2) is 6.82. The van der Waals surface area contributed by atoms with Crippen molar-refractivity contribution in [3.8, 4) is 0 Å². The summed E-state index contributed by atoms with van der Waals surface area (Å²) in [5.74, 6) is 0.126. The third kappa shape index (κ3) is 4.55. The normalized spacial score (nSPS) is 12.7. The van der Waals surface area contributed by atoms with Gasteiger partial charge in [0.25, 0.3) is 5.91 Å². The molecule has 2 rings (SSSR count). The van der Waals surface area contributed by atoms with Crippen molar-refractivity contribution in [3.05, 3.63) is 69.8 Å². The van der Waals surface area contributed by atoms with Crippen LogP contribution in [0.3, 0.4) is 0 Å². The van der Waals surface area contributed by atoms with E-state index in [4.69, 9.17) is 4.42 Å². The lowest BCUT2D eigenvalue weighted by Gasteiger charge is -2.29. The number of hydrogen-bond acceptors (Lipinski definition) is 3. The SMILES string of the molecule is Cc1cc(=O)cc(C(=O)N[C@@H](C)CC(C)(C)c2ccccc2)o1. The molecule has 4 heteroatoms. The van der Waals surface area contributed by atoms with Gasteiger partial charge in [-0.25, -0.2) is 0 Å². The van der Waals surface area contributed by atoms with Gasteiger partial charge in [0.1, 0.15) is 5.76 Å². The maximum Gasteiger partial charge on any atom is 0.287 e. The van der Waals surface area contributed by atoms with Gasteiger partial charge in [0.2, 0.25) is 0 Å². The van der Waals surface area contributed by atoms with Crippen molar-refractivity contribution in [3.63, 3.8) is 0 Å². The van der Waals surface area contributed by atoms with E-state index in [0.717, 1.165) is 6.42 Å². The third-order valence-corrected chi connectivity index (χ3v) is 3.86. The summed E-state index contributed by atoms with van der Waals surface area (Å²) in [6, 6.07) is 12.7. The summed E-state index contributed by atoms with van der Waals surface area (Å²) in [5.41, 5.74) is 0.931. The van der Waals surface area contributed by atoms with Gasteiger partial charge in [0.05, 0.1) is 0 Å². The van der Waals surface area contributed by atoms with E-state index in [-0.39, 0.29) is 28.6 Å². The van der Waals surface area contributed by atoms with Gasteiger partial charge < -0.3 is 9.73 Å². The van der Waals surface area contributed by atoms with E-state index in [0.29, 0.717) is 5.76 Å². The van der Waals surface area contributed by atoms with Crippen LogP contribution < -0.4 is 10.7 Å². The van der Waals surface area contributed by atoms with Gasteiger partial charge in [-0.3, -0.25) is 9.59 Å². The highest BCUT2D eigenvalue weighted by Crippen LogP contribution is 2.28. The summed E-state index contributed by atoms with van der Waals surface area (Å²) in [6.07, 6.45) is 0.777. The number of amides is 1. The van der Waals surface area contributed by atoms with E-state index >= 15 is 0 Å². The van der Waals surface area contributed by atoms with Crippen molar-refractivity contribution in [2.24, 2.45) is 0 Å². The summed E-state index contributed by atoms with van der Waals surface area (Å²) in [6.45, 7) is 7.91. The first-order chi connectivity index (χ1) is 10.8. The Morgan fingerprint density at radius 2 is 1.87 bits per heavy atom. The zero-order valence-electron chi connectivity index (χ0n) is 14.1. The van der Waals surface area contributed by atoms with E-state index in [2.05, 4.69) is 31.3 Å². The highest BCUT2D eigenvalue weighted by Gasteiger charge is 2.24. The number of rotatable bonds is 5. The molecule has 0 aliphatic carbocycles. The number of aryl methyl sites for hydroxylation is 1. The Kier molecular flexibility index (Phi) is 5.04. The maximum atomic E-state index is 12.2. The Morgan fingerprint density at radius 3 is 2.48 bits per heavy atom. The smallest absolute Gasteiger partial charge is 0.287 e. The summed E-state index contributed by atoms with van der Waals surface area (Å²) in [7, 11) is 0. The van der Waals surface area contributed by atoms with Crippen LogP contribution in [0.2, 0.25) is 0 Å². The molecule has 23 heavy (non-hydrogen) atoms. The van der Waals surface area contributed by atoms with Gasteiger partial charge in [-0.15, -0.1) is 0 Å². The van der Waals surface area contributed by atoms with Crippen LogP contribution in [0.1, 0.15) is 49.1 Å². The lowest BCUT2D eigenvalue weighted by molar-refractivity contribution is 0.0902. The van der Waals surface area contributed by atoms with Crippen LogP contribution in [-0.2, 0) is 5.41 Å². The molecule has 1 heterocycles. The second-order valence-corrected chi connectivity index (χ2v) is 6.60. The Bertz CT molecular complexity index is 732.